The summed E-state index contributed by atoms with van der Waals surface area (Å²) < 4.78 is 1.71. The lowest BCUT2D eigenvalue weighted by molar-refractivity contribution is 0.638. The van der Waals surface area contributed by atoms with Gasteiger partial charge in [0.05, 0.1) is 16.3 Å². The first kappa shape index (κ1) is 18.2. The average molecular weight is 395 g/mol. The van der Waals surface area contributed by atoms with Crippen LogP contribution >= 0.6 is 11.6 Å². The maximum Gasteiger partial charge on any atom is 0.158 e. The Kier molecular flexibility index (Phi) is 4.84. The van der Waals surface area contributed by atoms with E-state index in [4.69, 9.17) is 11.6 Å². The highest BCUT2D eigenvalue weighted by atomic mass is 35.5. The van der Waals surface area contributed by atoms with E-state index in [0.717, 1.165) is 49.1 Å². The summed E-state index contributed by atoms with van der Waals surface area (Å²) in [6.07, 6.45) is 5.13. The number of anilines is 2. The second-order valence-corrected chi connectivity index (χ2v) is 6.98. The highest BCUT2D eigenvalue weighted by molar-refractivity contribution is 6.32. The van der Waals surface area contributed by atoms with Crippen LogP contribution in [0.4, 0.5) is 11.6 Å². The molecule has 8 nitrogen and oxygen atoms in total. The van der Waals surface area contributed by atoms with Crippen molar-refractivity contribution >= 4 is 23.2 Å². The number of pyridine rings is 1. The average Bonchev–Trinajstić information content (AvgIpc) is 3.27. The minimum absolute atomic E-state index is 0.548. The van der Waals surface area contributed by atoms with E-state index in [-0.39, 0.29) is 0 Å². The third kappa shape index (κ3) is 3.25. The van der Waals surface area contributed by atoms with Crippen LogP contribution in [0.2, 0.25) is 5.02 Å². The zero-order chi connectivity index (χ0) is 19.7. The third-order valence-corrected chi connectivity index (χ3v) is 5.47. The van der Waals surface area contributed by atoms with Crippen LogP contribution in [-0.2, 0) is 0 Å². The Hall–Kier alpha value is -3.18. The molecule has 0 aromatic carbocycles. The van der Waals surface area contributed by atoms with Gasteiger partial charge in [-0.25, -0.2) is 19.6 Å². The summed E-state index contributed by atoms with van der Waals surface area (Å²) in [6, 6.07) is 6.05. The lowest BCUT2D eigenvalue weighted by atomic mass is 10.1. The fourth-order valence-corrected chi connectivity index (χ4v) is 3.50. The predicted octanol–water partition coefficient (Wildman–Crippen LogP) is 2.53. The number of aromatic nitrogens is 5. The monoisotopic (exact) mass is 394 g/mol. The molecule has 3 aromatic rings. The molecule has 28 heavy (non-hydrogen) atoms. The molecule has 4 heterocycles. The lowest BCUT2D eigenvalue weighted by Gasteiger charge is -2.36. The van der Waals surface area contributed by atoms with E-state index in [0.29, 0.717) is 16.4 Å². The molecular formula is C19H19ClN8. The quantitative estimate of drug-likeness (QED) is 0.674. The Morgan fingerprint density at radius 3 is 2.46 bits per heavy atom. The molecule has 0 radical (unpaired) electrons. The van der Waals surface area contributed by atoms with Crippen LogP contribution in [0.5, 0.6) is 0 Å². The second kappa shape index (κ2) is 7.44. The van der Waals surface area contributed by atoms with Crippen LogP contribution in [0.15, 0.2) is 30.9 Å². The largest absolute Gasteiger partial charge is 0.353 e. The van der Waals surface area contributed by atoms with Crippen LogP contribution < -0.4 is 9.80 Å². The Balaban J connectivity index is 1.53. The molecule has 1 fully saturated rings. The number of hydrogen-bond donors (Lipinski definition) is 0. The summed E-state index contributed by atoms with van der Waals surface area (Å²) in [4.78, 5) is 17.6. The zero-order valence-electron chi connectivity index (χ0n) is 15.7. The number of piperazine rings is 1. The number of nitrogens with zero attached hydrogens (tertiary/aromatic N) is 8. The minimum Gasteiger partial charge on any atom is -0.353 e. The molecule has 1 saturated heterocycles. The normalized spacial score (nSPS) is 14.2. The molecule has 0 bridgehead atoms. The van der Waals surface area contributed by atoms with Crippen molar-refractivity contribution in [3.8, 4) is 11.9 Å². The molecule has 0 spiro atoms. The van der Waals surface area contributed by atoms with Crippen molar-refractivity contribution < 1.29 is 0 Å². The molecule has 1 aliphatic heterocycles. The van der Waals surface area contributed by atoms with Gasteiger partial charge in [0.1, 0.15) is 24.0 Å². The van der Waals surface area contributed by atoms with Crippen molar-refractivity contribution in [2.24, 2.45) is 0 Å². The number of halogens is 1. The fraction of sp³-hybridized carbons (Fsp3) is 0.316. The van der Waals surface area contributed by atoms with Gasteiger partial charge in [-0.15, -0.1) is 0 Å². The maximum absolute atomic E-state index is 9.59. The minimum atomic E-state index is 0.548. The molecule has 0 unspecified atom stereocenters. The van der Waals surface area contributed by atoms with Crippen LogP contribution in [0, 0.1) is 25.2 Å². The van der Waals surface area contributed by atoms with Gasteiger partial charge in [0.25, 0.3) is 0 Å². The summed E-state index contributed by atoms with van der Waals surface area (Å²) >= 11 is 6.27. The van der Waals surface area contributed by atoms with Gasteiger partial charge in [0.15, 0.2) is 5.82 Å². The second-order valence-electron chi connectivity index (χ2n) is 6.61. The van der Waals surface area contributed by atoms with Gasteiger partial charge in [-0.1, -0.05) is 11.6 Å². The fourth-order valence-electron chi connectivity index (χ4n) is 3.36. The molecule has 0 N–H and O–H groups in total. The molecular weight excluding hydrogens is 376 g/mol. The lowest BCUT2D eigenvalue weighted by Crippen LogP contribution is -2.47. The maximum atomic E-state index is 9.59. The van der Waals surface area contributed by atoms with E-state index >= 15 is 0 Å². The van der Waals surface area contributed by atoms with Crippen molar-refractivity contribution in [3.63, 3.8) is 0 Å². The van der Waals surface area contributed by atoms with Crippen molar-refractivity contribution in [1.29, 1.82) is 5.26 Å². The van der Waals surface area contributed by atoms with Crippen molar-refractivity contribution in [1.82, 2.24) is 24.7 Å². The molecule has 9 heteroatoms. The van der Waals surface area contributed by atoms with Gasteiger partial charge in [-0.05, 0) is 25.5 Å². The summed E-state index contributed by atoms with van der Waals surface area (Å²) in [5, 5.41) is 14.4. The Morgan fingerprint density at radius 2 is 1.79 bits per heavy atom. The zero-order valence-corrected chi connectivity index (χ0v) is 16.4. The first-order chi connectivity index (χ1) is 13.6. The van der Waals surface area contributed by atoms with E-state index in [1.54, 1.807) is 17.2 Å². The SMILES string of the molecule is Cc1nc(N2CCN(c3cc(-n4cccn4)ncn3)CC2)c(C#N)c(C)c1Cl. The molecule has 4 rings (SSSR count). The number of aryl methyl sites for hydroxylation is 1. The number of nitriles is 1. The van der Waals surface area contributed by atoms with Gasteiger partial charge in [0, 0.05) is 44.6 Å². The number of rotatable bonds is 3. The van der Waals surface area contributed by atoms with Gasteiger partial charge < -0.3 is 9.80 Å². The topological polar surface area (TPSA) is 86.8 Å². The smallest absolute Gasteiger partial charge is 0.158 e. The molecule has 1 aliphatic rings. The van der Waals surface area contributed by atoms with Gasteiger partial charge >= 0.3 is 0 Å². The highest BCUT2D eigenvalue weighted by Gasteiger charge is 2.24. The van der Waals surface area contributed by atoms with Crippen molar-refractivity contribution in [3.05, 3.63) is 52.7 Å². The van der Waals surface area contributed by atoms with E-state index in [1.807, 2.05) is 32.2 Å². The Morgan fingerprint density at radius 1 is 1.07 bits per heavy atom. The van der Waals surface area contributed by atoms with Crippen LogP contribution in [-0.4, -0.2) is 50.9 Å². The summed E-state index contributed by atoms with van der Waals surface area (Å²) in [5.74, 6) is 2.30. The van der Waals surface area contributed by atoms with E-state index in [1.165, 1.54) is 0 Å². The van der Waals surface area contributed by atoms with Crippen LogP contribution in [0.25, 0.3) is 5.82 Å². The molecule has 0 amide bonds. The third-order valence-electron chi connectivity index (χ3n) is 4.91. The van der Waals surface area contributed by atoms with Crippen molar-refractivity contribution in [2.45, 2.75) is 13.8 Å². The van der Waals surface area contributed by atoms with E-state index < -0.39 is 0 Å². The molecule has 3 aromatic heterocycles. The molecule has 142 valence electrons. The van der Waals surface area contributed by atoms with E-state index in [2.05, 4.69) is 35.9 Å². The highest BCUT2D eigenvalue weighted by Crippen LogP contribution is 2.29. The Bertz CT molecular complexity index is 1030. The molecule has 0 saturated carbocycles. The summed E-state index contributed by atoms with van der Waals surface area (Å²) in [6.45, 7) is 6.75. The Labute approximate surface area is 168 Å². The molecule has 0 atom stereocenters. The number of hydrogen-bond acceptors (Lipinski definition) is 7. The molecule has 0 aliphatic carbocycles. The van der Waals surface area contributed by atoms with Crippen LogP contribution in [0.3, 0.4) is 0 Å². The standard InChI is InChI=1S/C19H19ClN8/c1-13-15(11-21)19(25-14(2)18(13)20)27-8-6-26(7-9-27)16-10-17(23-12-22-16)28-5-3-4-24-28/h3-5,10,12H,6-9H2,1-2H3. The first-order valence-electron chi connectivity index (χ1n) is 8.97. The summed E-state index contributed by atoms with van der Waals surface area (Å²) in [7, 11) is 0. The van der Waals surface area contributed by atoms with Crippen molar-refractivity contribution in [2.75, 3.05) is 36.0 Å². The first-order valence-corrected chi connectivity index (χ1v) is 9.35. The van der Waals surface area contributed by atoms with E-state index in [9.17, 15) is 5.26 Å². The van der Waals surface area contributed by atoms with Gasteiger partial charge in [-0.3, -0.25) is 0 Å². The van der Waals surface area contributed by atoms with Crippen LogP contribution in [0.1, 0.15) is 16.8 Å². The summed E-state index contributed by atoms with van der Waals surface area (Å²) in [5.41, 5.74) is 2.08. The predicted molar refractivity (Wildman–Crippen MR) is 107 cm³/mol. The van der Waals surface area contributed by atoms with Gasteiger partial charge in [0.2, 0.25) is 0 Å². The van der Waals surface area contributed by atoms with Gasteiger partial charge in [-0.2, -0.15) is 10.4 Å².